The molecule has 0 spiro atoms. The molecule has 0 unspecified atom stereocenters. The number of ether oxygens (including phenoxy) is 2. The molecule has 1 aliphatic heterocycles. The molecule has 3 aromatic carbocycles. The molecule has 0 saturated carbocycles. The fourth-order valence-corrected chi connectivity index (χ4v) is 4.87. The highest BCUT2D eigenvalue weighted by atomic mass is 35.5. The van der Waals surface area contributed by atoms with Gasteiger partial charge in [-0.25, -0.2) is 4.39 Å². The van der Waals surface area contributed by atoms with E-state index < -0.39 is 5.82 Å². The Hall–Kier alpha value is -2.58. The molecule has 1 heterocycles. The Labute approximate surface area is 209 Å². The van der Waals surface area contributed by atoms with E-state index in [1.807, 2.05) is 0 Å². The van der Waals surface area contributed by atoms with E-state index in [4.69, 9.17) is 44.9 Å². The molecule has 0 N–H and O–H groups in total. The third-order valence-electron chi connectivity index (χ3n) is 4.78. The van der Waals surface area contributed by atoms with E-state index in [0.717, 1.165) is 0 Å². The van der Waals surface area contributed by atoms with E-state index in [0.29, 0.717) is 37.0 Å². The molecule has 0 aromatic heterocycles. The Morgan fingerprint density at radius 1 is 1.09 bits per heavy atom. The van der Waals surface area contributed by atoms with Crippen molar-refractivity contribution in [3.8, 4) is 11.5 Å². The normalized spacial score (nSPS) is 14.8. The number of benzene rings is 3. The molecule has 1 saturated heterocycles. The number of amides is 1. The lowest BCUT2D eigenvalue weighted by Crippen LogP contribution is -2.27. The minimum absolute atomic E-state index is 0.0811. The standard InChI is InChI=1S/C24H16Cl2FNO3S2/c1-30-20-9-8-14(10-21(20)31-13-17-18(26)6-3-7-19(17)27)11-22-23(29)28(24(32)33-22)16-5-2-4-15(25)12-16/h2-12H,13H2,1H3/b22-11+. The fourth-order valence-electron chi connectivity index (χ4n) is 3.17. The predicted octanol–water partition coefficient (Wildman–Crippen LogP) is 7.13. The van der Waals surface area contributed by atoms with Crippen LogP contribution < -0.4 is 14.4 Å². The Morgan fingerprint density at radius 3 is 2.61 bits per heavy atom. The van der Waals surface area contributed by atoms with Crippen LogP contribution in [0.2, 0.25) is 10.0 Å². The van der Waals surface area contributed by atoms with Crippen molar-refractivity contribution in [2.24, 2.45) is 0 Å². The van der Waals surface area contributed by atoms with Gasteiger partial charge in [-0.2, -0.15) is 0 Å². The smallest absolute Gasteiger partial charge is 0.270 e. The summed E-state index contributed by atoms with van der Waals surface area (Å²) >= 11 is 18.8. The monoisotopic (exact) mass is 519 g/mol. The van der Waals surface area contributed by atoms with Crippen LogP contribution >= 0.6 is 47.2 Å². The summed E-state index contributed by atoms with van der Waals surface area (Å²) in [6, 6.07) is 16.6. The van der Waals surface area contributed by atoms with Crippen molar-refractivity contribution in [2.75, 3.05) is 12.0 Å². The zero-order valence-corrected chi connectivity index (χ0v) is 20.3. The van der Waals surface area contributed by atoms with Gasteiger partial charge in [0.2, 0.25) is 0 Å². The van der Waals surface area contributed by atoms with E-state index in [1.54, 1.807) is 54.6 Å². The Bertz CT molecular complexity index is 1260. The highest BCUT2D eigenvalue weighted by Gasteiger charge is 2.33. The van der Waals surface area contributed by atoms with E-state index in [-0.39, 0.29) is 23.1 Å². The maximum atomic E-state index is 14.1. The number of hydrogen-bond donors (Lipinski definition) is 0. The zero-order chi connectivity index (χ0) is 23.5. The second-order valence-corrected chi connectivity index (χ2v) is 9.42. The van der Waals surface area contributed by atoms with E-state index in [2.05, 4.69) is 0 Å². The van der Waals surface area contributed by atoms with Gasteiger partial charge in [0.15, 0.2) is 15.8 Å². The van der Waals surface area contributed by atoms with Crippen molar-refractivity contribution < 1.29 is 18.7 Å². The van der Waals surface area contributed by atoms with Gasteiger partial charge in [-0.05, 0) is 54.1 Å². The van der Waals surface area contributed by atoms with Crippen LogP contribution in [0.25, 0.3) is 6.08 Å². The molecule has 9 heteroatoms. The summed E-state index contributed by atoms with van der Waals surface area (Å²) in [6.45, 7) is -0.0811. The molecule has 1 aliphatic rings. The first-order valence-corrected chi connectivity index (χ1v) is 11.6. The minimum atomic E-state index is -0.456. The number of carbonyl (C=O) groups excluding carboxylic acids is 1. The second-order valence-electron chi connectivity index (χ2n) is 6.90. The maximum absolute atomic E-state index is 14.1. The Kier molecular flexibility index (Phi) is 7.24. The lowest BCUT2D eigenvalue weighted by Gasteiger charge is -2.14. The van der Waals surface area contributed by atoms with Gasteiger partial charge in [-0.3, -0.25) is 9.69 Å². The van der Waals surface area contributed by atoms with Gasteiger partial charge < -0.3 is 9.47 Å². The summed E-state index contributed by atoms with van der Waals surface area (Å²) in [5, 5.41) is 0.784. The molecule has 0 bridgehead atoms. The quantitative estimate of drug-likeness (QED) is 0.256. The summed E-state index contributed by atoms with van der Waals surface area (Å²) in [5.41, 5.74) is 1.54. The van der Waals surface area contributed by atoms with E-state index in [1.165, 1.54) is 35.9 Å². The number of rotatable bonds is 6. The number of methoxy groups -OCH3 is 1. The second kappa shape index (κ2) is 10.1. The summed E-state index contributed by atoms with van der Waals surface area (Å²) in [5.74, 6) is 0.146. The van der Waals surface area contributed by atoms with Crippen LogP contribution in [0.5, 0.6) is 11.5 Å². The first-order valence-electron chi connectivity index (χ1n) is 9.64. The van der Waals surface area contributed by atoms with Gasteiger partial charge in [-0.15, -0.1) is 0 Å². The van der Waals surface area contributed by atoms with Crippen molar-refractivity contribution in [3.05, 3.63) is 92.6 Å². The fraction of sp³-hybridized carbons (Fsp3) is 0.0833. The van der Waals surface area contributed by atoms with Gasteiger partial charge in [0.05, 0.1) is 22.7 Å². The molecule has 4 rings (SSSR count). The van der Waals surface area contributed by atoms with Gasteiger partial charge in [0.1, 0.15) is 12.4 Å². The molecule has 168 valence electrons. The van der Waals surface area contributed by atoms with Crippen molar-refractivity contribution >= 4 is 69.2 Å². The van der Waals surface area contributed by atoms with Crippen LogP contribution in [0.15, 0.2) is 65.6 Å². The van der Waals surface area contributed by atoms with Crippen LogP contribution in [0.3, 0.4) is 0 Å². The third-order valence-corrected chi connectivity index (χ3v) is 6.67. The summed E-state index contributed by atoms with van der Waals surface area (Å²) in [7, 11) is 1.51. The van der Waals surface area contributed by atoms with Gasteiger partial charge in [-0.1, -0.05) is 65.4 Å². The molecule has 3 aromatic rings. The van der Waals surface area contributed by atoms with Crippen LogP contribution in [0.4, 0.5) is 10.1 Å². The number of thioether (sulfide) groups is 1. The largest absolute Gasteiger partial charge is 0.493 e. The highest BCUT2D eigenvalue weighted by molar-refractivity contribution is 8.27. The van der Waals surface area contributed by atoms with E-state index in [9.17, 15) is 9.18 Å². The Balaban J connectivity index is 1.59. The van der Waals surface area contributed by atoms with Gasteiger partial charge >= 0.3 is 0 Å². The number of anilines is 1. The summed E-state index contributed by atoms with van der Waals surface area (Å²) in [4.78, 5) is 14.9. The SMILES string of the molecule is COc1ccc(/C=C2/SC(=S)N(c3cccc(Cl)c3)C2=O)cc1OCc1c(F)cccc1Cl. The van der Waals surface area contributed by atoms with Crippen molar-refractivity contribution in [3.63, 3.8) is 0 Å². The molecule has 33 heavy (non-hydrogen) atoms. The van der Waals surface area contributed by atoms with Crippen molar-refractivity contribution in [2.45, 2.75) is 6.61 Å². The third kappa shape index (κ3) is 5.17. The molecule has 4 nitrogen and oxygen atoms in total. The van der Waals surface area contributed by atoms with E-state index >= 15 is 0 Å². The molecular formula is C24H16Cl2FNO3S2. The number of nitrogens with zero attached hydrogens (tertiary/aromatic N) is 1. The lowest BCUT2D eigenvalue weighted by molar-refractivity contribution is -0.113. The molecule has 0 radical (unpaired) electrons. The Morgan fingerprint density at radius 2 is 1.88 bits per heavy atom. The molecule has 1 fully saturated rings. The molecule has 1 amide bonds. The topological polar surface area (TPSA) is 38.8 Å². The highest BCUT2D eigenvalue weighted by Crippen LogP contribution is 2.38. The van der Waals surface area contributed by atoms with Crippen LogP contribution in [-0.4, -0.2) is 17.3 Å². The summed E-state index contributed by atoms with van der Waals surface area (Å²) in [6.07, 6.45) is 1.71. The van der Waals surface area contributed by atoms with Gasteiger partial charge in [0, 0.05) is 10.6 Å². The zero-order valence-electron chi connectivity index (χ0n) is 17.2. The molecular weight excluding hydrogens is 504 g/mol. The number of hydrogen-bond acceptors (Lipinski definition) is 5. The van der Waals surface area contributed by atoms with Crippen LogP contribution in [0, 0.1) is 5.82 Å². The number of thiocarbonyl (C=S) groups is 1. The first-order chi connectivity index (χ1) is 15.9. The molecule has 0 atom stereocenters. The average Bonchev–Trinajstić information content (AvgIpc) is 3.06. The molecule has 0 aliphatic carbocycles. The lowest BCUT2D eigenvalue weighted by atomic mass is 10.1. The maximum Gasteiger partial charge on any atom is 0.270 e. The van der Waals surface area contributed by atoms with Crippen molar-refractivity contribution in [1.29, 1.82) is 0 Å². The minimum Gasteiger partial charge on any atom is -0.493 e. The van der Waals surface area contributed by atoms with Crippen molar-refractivity contribution in [1.82, 2.24) is 0 Å². The summed E-state index contributed by atoms with van der Waals surface area (Å²) < 4.78 is 25.7. The number of carbonyl (C=O) groups is 1. The van der Waals surface area contributed by atoms with Crippen LogP contribution in [0.1, 0.15) is 11.1 Å². The number of halogens is 3. The average molecular weight is 520 g/mol. The van der Waals surface area contributed by atoms with Crippen LogP contribution in [-0.2, 0) is 11.4 Å². The van der Waals surface area contributed by atoms with Gasteiger partial charge in [0.25, 0.3) is 5.91 Å². The first kappa shape index (κ1) is 23.6. The predicted molar refractivity (Wildman–Crippen MR) is 136 cm³/mol.